The van der Waals surface area contributed by atoms with Crippen LogP contribution in [0.1, 0.15) is 79.8 Å². The first kappa shape index (κ1) is 30.5. The van der Waals surface area contributed by atoms with Crippen molar-refractivity contribution in [3.63, 3.8) is 0 Å². The van der Waals surface area contributed by atoms with Crippen molar-refractivity contribution in [1.29, 1.82) is 0 Å². The lowest BCUT2D eigenvalue weighted by Gasteiger charge is -2.21. The van der Waals surface area contributed by atoms with Gasteiger partial charge in [-0.3, -0.25) is 4.79 Å². The first-order valence-corrected chi connectivity index (χ1v) is 14.7. The van der Waals surface area contributed by atoms with Gasteiger partial charge in [0, 0.05) is 17.1 Å². The molecule has 0 amide bonds. The van der Waals surface area contributed by atoms with Crippen LogP contribution in [0.4, 0.5) is 0 Å². The van der Waals surface area contributed by atoms with E-state index in [1.54, 1.807) is 25.1 Å². The summed E-state index contributed by atoms with van der Waals surface area (Å²) in [6.07, 6.45) is 4.64. The van der Waals surface area contributed by atoms with Gasteiger partial charge in [0.05, 0.1) is 12.0 Å². The Labute approximate surface area is 256 Å². The molecule has 0 aliphatic heterocycles. The molecule has 44 heavy (non-hydrogen) atoms. The highest BCUT2D eigenvalue weighted by atomic mass is 16.6. The second kappa shape index (κ2) is 13.1. The molecule has 8 nitrogen and oxygen atoms in total. The molecule has 8 heteroatoms. The van der Waals surface area contributed by atoms with Crippen LogP contribution in [0.3, 0.4) is 0 Å². The van der Waals surface area contributed by atoms with Gasteiger partial charge in [-0.25, -0.2) is 14.4 Å². The lowest BCUT2D eigenvalue weighted by molar-refractivity contribution is -0.150. The molecule has 1 unspecified atom stereocenters. The molecule has 0 heterocycles. The van der Waals surface area contributed by atoms with Gasteiger partial charge in [-0.15, -0.1) is 0 Å². The summed E-state index contributed by atoms with van der Waals surface area (Å²) in [5.41, 5.74) is 4.50. The Balaban J connectivity index is 1.20. The van der Waals surface area contributed by atoms with Crippen molar-refractivity contribution in [3.8, 4) is 28.4 Å². The van der Waals surface area contributed by atoms with Gasteiger partial charge in [-0.2, -0.15) is 0 Å². The summed E-state index contributed by atoms with van der Waals surface area (Å²) in [6.45, 7) is 10.9. The van der Waals surface area contributed by atoms with Gasteiger partial charge in [-0.05, 0) is 103 Å². The average molecular weight is 595 g/mol. The molecular formula is C36H34O8. The zero-order chi connectivity index (χ0) is 31.4. The summed E-state index contributed by atoms with van der Waals surface area (Å²) < 4.78 is 21.9. The van der Waals surface area contributed by atoms with Crippen molar-refractivity contribution in [3.05, 3.63) is 102 Å². The minimum Gasteiger partial charge on any atom is -0.462 e. The monoisotopic (exact) mass is 594 g/mol. The van der Waals surface area contributed by atoms with E-state index in [9.17, 15) is 19.2 Å². The van der Waals surface area contributed by atoms with Gasteiger partial charge < -0.3 is 18.9 Å². The molecule has 0 aromatic heterocycles. The molecule has 0 spiro atoms. The number of carbonyl (C=O) groups excluding carboxylic acids is 4. The van der Waals surface area contributed by atoms with Crippen LogP contribution >= 0.6 is 0 Å². The average Bonchev–Trinajstić information content (AvgIpc) is 3.28. The summed E-state index contributed by atoms with van der Waals surface area (Å²) in [4.78, 5) is 49.5. The highest BCUT2D eigenvalue weighted by molar-refractivity contribution is 5.95. The van der Waals surface area contributed by atoms with Crippen LogP contribution in [0.15, 0.2) is 85.0 Å². The number of fused-ring (bicyclic) bond motifs is 3. The third kappa shape index (κ3) is 6.97. The fourth-order valence-corrected chi connectivity index (χ4v) is 5.44. The number of rotatable bonds is 9. The maximum atomic E-state index is 12.8. The van der Waals surface area contributed by atoms with Crippen LogP contribution in [0.2, 0.25) is 0 Å². The van der Waals surface area contributed by atoms with E-state index in [0.717, 1.165) is 54.4 Å². The van der Waals surface area contributed by atoms with Gasteiger partial charge in [0.2, 0.25) is 0 Å². The molecule has 3 aromatic rings. The number of esters is 4. The molecule has 5 rings (SSSR count). The minimum atomic E-state index is -0.676. The van der Waals surface area contributed by atoms with Gasteiger partial charge >= 0.3 is 23.9 Å². The van der Waals surface area contributed by atoms with Crippen molar-refractivity contribution in [2.24, 2.45) is 0 Å². The Morgan fingerprint density at radius 1 is 0.727 bits per heavy atom. The molecule has 3 aromatic carbocycles. The smallest absolute Gasteiger partial charge is 0.343 e. The fraction of sp³-hybridized carbons (Fsp3) is 0.278. The molecule has 1 atom stereocenters. The predicted molar refractivity (Wildman–Crippen MR) is 164 cm³/mol. The minimum absolute atomic E-state index is 0.0385. The normalized spacial score (nSPS) is 15.4. The van der Waals surface area contributed by atoms with E-state index in [1.807, 2.05) is 25.1 Å². The largest absolute Gasteiger partial charge is 0.462 e. The lowest BCUT2D eigenvalue weighted by atomic mass is 9.98. The Morgan fingerprint density at radius 2 is 1.27 bits per heavy atom. The Bertz CT molecular complexity index is 1640. The third-order valence-corrected chi connectivity index (χ3v) is 7.84. The fourth-order valence-electron chi connectivity index (χ4n) is 5.44. The van der Waals surface area contributed by atoms with Crippen molar-refractivity contribution in [1.82, 2.24) is 0 Å². The Morgan fingerprint density at radius 3 is 1.86 bits per heavy atom. The van der Waals surface area contributed by atoms with Crippen LogP contribution in [0.25, 0.3) is 11.1 Å². The maximum Gasteiger partial charge on any atom is 0.343 e. The van der Waals surface area contributed by atoms with E-state index in [4.69, 9.17) is 18.9 Å². The third-order valence-electron chi connectivity index (χ3n) is 7.84. The summed E-state index contributed by atoms with van der Waals surface area (Å²) >= 11 is 0. The molecule has 0 radical (unpaired) electrons. The zero-order valence-corrected chi connectivity index (χ0v) is 24.9. The number of carbonyl (C=O) groups is 4. The Hall–Kier alpha value is -4.98. The van der Waals surface area contributed by atoms with Crippen LogP contribution in [-0.2, 0) is 19.1 Å². The van der Waals surface area contributed by atoms with Crippen LogP contribution < -0.4 is 14.2 Å². The van der Waals surface area contributed by atoms with E-state index in [-0.39, 0.29) is 29.6 Å². The van der Waals surface area contributed by atoms with Crippen LogP contribution in [-0.4, -0.2) is 30.0 Å². The standard InChI is InChI=1S/C36H34O8/c1-21(2)34(38)42-26-12-10-24(11-13-26)36(40)44-28-15-17-30-29-16-14-27(19-31(29)23(4)32(30)20-28)43-35(39)22(3)18-33(37)41-25-8-6-5-7-9-25/h10-17,19-20,23,25H,1,3,5-9,18H2,2,4H3. The molecule has 1 fully saturated rings. The molecule has 0 bridgehead atoms. The number of benzene rings is 3. The van der Waals surface area contributed by atoms with Gasteiger partial charge in [0.15, 0.2) is 0 Å². The lowest BCUT2D eigenvalue weighted by Crippen LogP contribution is -2.22. The van der Waals surface area contributed by atoms with E-state index >= 15 is 0 Å². The molecule has 226 valence electrons. The summed E-state index contributed by atoms with van der Waals surface area (Å²) in [6, 6.07) is 16.9. The molecule has 1 saturated carbocycles. The van der Waals surface area contributed by atoms with Crippen molar-refractivity contribution >= 4 is 23.9 Å². The number of ether oxygens (including phenoxy) is 4. The first-order chi connectivity index (χ1) is 21.1. The summed E-state index contributed by atoms with van der Waals surface area (Å²) in [5, 5.41) is 0. The highest BCUT2D eigenvalue weighted by Crippen LogP contribution is 2.47. The molecule has 2 aliphatic carbocycles. The molecular weight excluding hydrogens is 560 g/mol. The molecule has 2 aliphatic rings. The molecule has 0 N–H and O–H groups in total. The maximum absolute atomic E-state index is 12.8. The number of hydrogen-bond acceptors (Lipinski definition) is 8. The van der Waals surface area contributed by atoms with Crippen LogP contribution in [0.5, 0.6) is 17.2 Å². The predicted octanol–water partition coefficient (Wildman–Crippen LogP) is 7.25. The first-order valence-electron chi connectivity index (χ1n) is 14.7. The SMILES string of the molecule is C=C(C)C(=O)Oc1ccc(C(=O)Oc2ccc3c(c2)C(C)c2cc(OC(=O)C(=C)CC(=O)OC4CCCCC4)ccc2-3)cc1. The Kier molecular flexibility index (Phi) is 9.09. The van der Waals surface area contributed by atoms with E-state index in [0.29, 0.717) is 22.8 Å². The van der Waals surface area contributed by atoms with Crippen molar-refractivity contribution in [2.45, 2.75) is 64.4 Å². The van der Waals surface area contributed by atoms with Gasteiger partial charge in [0.1, 0.15) is 23.4 Å². The van der Waals surface area contributed by atoms with Gasteiger partial charge in [0.25, 0.3) is 0 Å². The second-order valence-corrected chi connectivity index (χ2v) is 11.2. The summed E-state index contributed by atoms with van der Waals surface area (Å²) in [5.74, 6) is -1.27. The topological polar surface area (TPSA) is 105 Å². The molecule has 0 saturated heterocycles. The highest BCUT2D eigenvalue weighted by Gasteiger charge is 2.28. The zero-order valence-electron chi connectivity index (χ0n) is 24.9. The van der Waals surface area contributed by atoms with Crippen LogP contribution in [0, 0.1) is 0 Å². The van der Waals surface area contributed by atoms with E-state index < -0.39 is 23.9 Å². The van der Waals surface area contributed by atoms with Crippen molar-refractivity contribution in [2.75, 3.05) is 0 Å². The quantitative estimate of drug-likeness (QED) is 0.145. The number of hydrogen-bond donors (Lipinski definition) is 0. The van der Waals surface area contributed by atoms with Gasteiger partial charge in [-0.1, -0.05) is 38.6 Å². The summed E-state index contributed by atoms with van der Waals surface area (Å²) in [7, 11) is 0. The van der Waals surface area contributed by atoms with E-state index in [2.05, 4.69) is 13.2 Å². The van der Waals surface area contributed by atoms with E-state index in [1.165, 1.54) is 24.3 Å². The van der Waals surface area contributed by atoms with Crippen molar-refractivity contribution < 1.29 is 38.1 Å². The second-order valence-electron chi connectivity index (χ2n) is 11.2.